The van der Waals surface area contributed by atoms with Gasteiger partial charge in [-0.1, -0.05) is 29.4 Å². The number of anilines is 1. The van der Waals surface area contributed by atoms with E-state index in [9.17, 15) is 0 Å². The monoisotopic (exact) mass is 218 g/mol. The standard InChI is InChI=1S/C12H14N2O2/c1-8(15-2)9-5-3-4-6-10(9)11-7-12(13)16-14-11/h3-8H,13H2,1-2H3. The van der Waals surface area contributed by atoms with Crippen LogP contribution in [0.2, 0.25) is 0 Å². The fourth-order valence-electron chi connectivity index (χ4n) is 1.63. The zero-order valence-corrected chi connectivity index (χ0v) is 9.31. The van der Waals surface area contributed by atoms with Gasteiger partial charge in [0.1, 0.15) is 5.69 Å². The number of nitrogens with two attached hydrogens (primary N) is 1. The van der Waals surface area contributed by atoms with Gasteiger partial charge in [0.15, 0.2) is 0 Å². The molecule has 0 spiro atoms. The summed E-state index contributed by atoms with van der Waals surface area (Å²) in [5.74, 6) is 0.315. The van der Waals surface area contributed by atoms with Crippen molar-refractivity contribution in [3.63, 3.8) is 0 Å². The predicted molar refractivity (Wildman–Crippen MR) is 61.8 cm³/mol. The quantitative estimate of drug-likeness (QED) is 0.860. The van der Waals surface area contributed by atoms with Gasteiger partial charge in [-0.3, -0.25) is 0 Å². The van der Waals surface area contributed by atoms with Crippen molar-refractivity contribution in [2.45, 2.75) is 13.0 Å². The number of hydrogen-bond acceptors (Lipinski definition) is 4. The van der Waals surface area contributed by atoms with E-state index in [0.29, 0.717) is 5.88 Å². The Hall–Kier alpha value is -1.81. The second kappa shape index (κ2) is 4.37. The maximum atomic E-state index is 5.51. The molecule has 2 rings (SSSR count). The lowest BCUT2D eigenvalue weighted by molar-refractivity contribution is 0.120. The van der Waals surface area contributed by atoms with Crippen LogP contribution in [0.3, 0.4) is 0 Å². The SMILES string of the molecule is COC(C)c1ccccc1-c1cc(N)on1. The molecule has 1 unspecified atom stereocenters. The normalized spacial score (nSPS) is 12.6. The first-order valence-electron chi connectivity index (χ1n) is 5.06. The Morgan fingerprint density at radius 3 is 2.75 bits per heavy atom. The minimum Gasteiger partial charge on any atom is -0.377 e. The summed E-state index contributed by atoms with van der Waals surface area (Å²) < 4.78 is 10.2. The highest BCUT2D eigenvalue weighted by Gasteiger charge is 2.13. The van der Waals surface area contributed by atoms with E-state index in [1.807, 2.05) is 31.2 Å². The second-order valence-corrected chi connectivity index (χ2v) is 3.58. The highest BCUT2D eigenvalue weighted by molar-refractivity contribution is 5.65. The average molecular weight is 218 g/mol. The fraction of sp³-hybridized carbons (Fsp3) is 0.250. The number of benzene rings is 1. The van der Waals surface area contributed by atoms with Gasteiger partial charge in [0.25, 0.3) is 0 Å². The molecular formula is C12H14N2O2. The molecule has 0 saturated carbocycles. The molecule has 4 nitrogen and oxygen atoms in total. The van der Waals surface area contributed by atoms with Crippen molar-refractivity contribution in [1.29, 1.82) is 0 Å². The van der Waals surface area contributed by atoms with E-state index in [2.05, 4.69) is 5.16 Å². The predicted octanol–water partition coefficient (Wildman–Crippen LogP) is 2.63. The summed E-state index contributed by atoms with van der Waals surface area (Å²) in [5, 5.41) is 3.91. The fourth-order valence-corrected chi connectivity index (χ4v) is 1.63. The first kappa shape index (κ1) is 10.7. The van der Waals surface area contributed by atoms with Crippen LogP contribution in [0.4, 0.5) is 5.88 Å². The van der Waals surface area contributed by atoms with Crippen molar-refractivity contribution >= 4 is 5.88 Å². The molecule has 1 aromatic heterocycles. The zero-order valence-electron chi connectivity index (χ0n) is 9.31. The van der Waals surface area contributed by atoms with Crippen LogP contribution in [-0.2, 0) is 4.74 Å². The Bertz CT molecular complexity index is 479. The summed E-state index contributed by atoms with van der Waals surface area (Å²) in [7, 11) is 1.68. The van der Waals surface area contributed by atoms with Crippen molar-refractivity contribution in [3.8, 4) is 11.3 Å². The van der Waals surface area contributed by atoms with Crippen LogP contribution in [-0.4, -0.2) is 12.3 Å². The summed E-state index contributed by atoms with van der Waals surface area (Å²) >= 11 is 0. The van der Waals surface area contributed by atoms with E-state index < -0.39 is 0 Å². The van der Waals surface area contributed by atoms with Crippen LogP contribution in [0, 0.1) is 0 Å². The van der Waals surface area contributed by atoms with Crippen molar-refractivity contribution in [2.24, 2.45) is 0 Å². The second-order valence-electron chi connectivity index (χ2n) is 3.58. The topological polar surface area (TPSA) is 61.3 Å². The van der Waals surface area contributed by atoms with Gasteiger partial charge in [-0.25, -0.2) is 0 Å². The van der Waals surface area contributed by atoms with Crippen LogP contribution >= 0.6 is 0 Å². The van der Waals surface area contributed by atoms with Gasteiger partial charge in [0.2, 0.25) is 5.88 Å². The minimum atomic E-state index is 0.00845. The third kappa shape index (κ3) is 1.92. The van der Waals surface area contributed by atoms with Crippen molar-refractivity contribution in [1.82, 2.24) is 5.16 Å². The summed E-state index contributed by atoms with van der Waals surface area (Å²) in [4.78, 5) is 0. The molecule has 0 aliphatic carbocycles. The minimum absolute atomic E-state index is 0.00845. The Balaban J connectivity index is 2.48. The zero-order chi connectivity index (χ0) is 11.5. The molecule has 1 aromatic carbocycles. The molecule has 0 aliphatic heterocycles. The summed E-state index contributed by atoms with van der Waals surface area (Å²) in [5.41, 5.74) is 8.30. The molecule has 0 radical (unpaired) electrons. The molecule has 2 aromatic rings. The first-order chi connectivity index (χ1) is 7.72. The van der Waals surface area contributed by atoms with Gasteiger partial charge in [-0.15, -0.1) is 0 Å². The van der Waals surface area contributed by atoms with Crippen LogP contribution in [0.1, 0.15) is 18.6 Å². The van der Waals surface area contributed by atoms with Crippen molar-refractivity contribution in [2.75, 3.05) is 12.8 Å². The Labute approximate surface area is 94.0 Å². The smallest absolute Gasteiger partial charge is 0.222 e. The molecule has 0 fully saturated rings. The lowest BCUT2D eigenvalue weighted by Gasteiger charge is -2.13. The number of nitrogen functional groups attached to an aromatic ring is 1. The van der Waals surface area contributed by atoms with E-state index >= 15 is 0 Å². The third-order valence-corrected chi connectivity index (χ3v) is 2.56. The summed E-state index contributed by atoms with van der Waals surface area (Å²) in [6, 6.07) is 9.61. The molecule has 2 N–H and O–H groups in total. The average Bonchev–Trinajstić information content (AvgIpc) is 2.75. The Kier molecular flexibility index (Phi) is 2.92. The lowest BCUT2D eigenvalue weighted by Crippen LogP contribution is -1.98. The molecule has 0 amide bonds. The Morgan fingerprint density at radius 2 is 2.12 bits per heavy atom. The van der Waals surface area contributed by atoms with Crippen molar-refractivity contribution in [3.05, 3.63) is 35.9 Å². The van der Waals surface area contributed by atoms with Crippen LogP contribution < -0.4 is 5.73 Å². The van der Waals surface area contributed by atoms with Crippen LogP contribution in [0.15, 0.2) is 34.9 Å². The van der Waals surface area contributed by atoms with Crippen molar-refractivity contribution < 1.29 is 9.26 Å². The lowest BCUT2D eigenvalue weighted by atomic mass is 10.0. The molecule has 1 atom stereocenters. The number of methoxy groups -OCH3 is 1. The first-order valence-corrected chi connectivity index (χ1v) is 5.06. The molecule has 0 bridgehead atoms. The van der Waals surface area contributed by atoms with E-state index in [0.717, 1.165) is 16.8 Å². The molecule has 4 heteroatoms. The maximum absolute atomic E-state index is 5.51. The van der Waals surface area contributed by atoms with E-state index in [-0.39, 0.29) is 6.10 Å². The molecule has 0 aliphatic rings. The third-order valence-electron chi connectivity index (χ3n) is 2.56. The van der Waals surface area contributed by atoms with E-state index in [1.54, 1.807) is 13.2 Å². The van der Waals surface area contributed by atoms with Gasteiger partial charge in [0.05, 0.1) is 6.10 Å². The largest absolute Gasteiger partial charge is 0.377 e. The number of aromatic nitrogens is 1. The molecule has 16 heavy (non-hydrogen) atoms. The van der Waals surface area contributed by atoms with Gasteiger partial charge in [-0.2, -0.15) is 0 Å². The van der Waals surface area contributed by atoms with Gasteiger partial charge >= 0.3 is 0 Å². The molecule has 1 heterocycles. The highest BCUT2D eigenvalue weighted by Crippen LogP contribution is 2.29. The van der Waals surface area contributed by atoms with E-state index in [1.165, 1.54) is 0 Å². The van der Waals surface area contributed by atoms with Gasteiger partial charge in [0, 0.05) is 18.7 Å². The molecule has 84 valence electrons. The highest BCUT2D eigenvalue weighted by atomic mass is 16.5. The maximum Gasteiger partial charge on any atom is 0.222 e. The molecule has 0 saturated heterocycles. The number of nitrogens with zero attached hydrogens (tertiary/aromatic N) is 1. The number of rotatable bonds is 3. The molecular weight excluding hydrogens is 204 g/mol. The number of hydrogen-bond donors (Lipinski definition) is 1. The van der Waals surface area contributed by atoms with Gasteiger partial charge in [-0.05, 0) is 12.5 Å². The van der Waals surface area contributed by atoms with E-state index in [4.69, 9.17) is 15.0 Å². The summed E-state index contributed by atoms with van der Waals surface area (Å²) in [6.07, 6.45) is 0.00845. The summed E-state index contributed by atoms with van der Waals surface area (Å²) in [6.45, 7) is 1.99. The van der Waals surface area contributed by atoms with Gasteiger partial charge < -0.3 is 15.0 Å². The van der Waals surface area contributed by atoms with Crippen LogP contribution in [0.25, 0.3) is 11.3 Å². The Morgan fingerprint density at radius 1 is 1.38 bits per heavy atom. The van der Waals surface area contributed by atoms with Crippen LogP contribution in [0.5, 0.6) is 0 Å². The number of ether oxygens (including phenoxy) is 1.